The molecule has 1 aromatic heterocycles. The predicted molar refractivity (Wildman–Crippen MR) is 57.7 cm³/mol. The minimum atomic E-state index is 1.09. The molecule has 1 aromatic carbocycles. The Morgan fingerprint density at radius 1 is 1.31 bits per heavy atom. The Bertz CT molecular complexity index is 463. The van der Waals surface area contributed by atoms with Gasteiger partial charge in [0.05, 0.1) is 0 Å². The second-order valence-electron chi connectivity index (χ2n) is 3.45. The molecule has 1 heterocycles. The van der Waals surface area contributed by atoms with Crippen molar-refractivity contribution in [1.29, 1.82) is 0 Å². The van der Waals surface area contributed by atoms with Gasteiger partial charge in [-0.1, -0.05) is 24.8 Å². The maximum absolute atomic E-state index is 3.95. The average Bonchev–Trinajstić information content (AvgIpc) is 2.45. The first-order chi connectivity index (χ1) is 6.20. The first kappa shape index (κ1) is 8.11. The zero-order chi connectivity index (χ0) is 9.42. The summed E-state index contributed by atoms with van der Waals surface area (Å²) in [6.45, 7) is 8.10. The van der Waals surface area contributed by atoms with Crippen molar-refractivity contribution < 1.29 is 0 Å². The lowest BCUT2D eigenvalue weighted by Crippen LogP contribution is -1.79. The number of para-hydroxylation sites is 1. The van der Waals surface area contributed by atoms with Crippen molar-refractivity contribution >= 4 is 16.5 Å². The molecular formula is C12H13N. The van der Waals surface area contributed by atoms with Crippen molar-refractivity contribution in [3.63, 3.8) is 0 Å². The fourth-order valence-corrected chi connectivity index (χ4v) is 1.71. The van der Waals surface area contributed by atoms with E-state index >= 15 is 0 Å². The molecule has 0 amide bonds. The highest BCUT2D eigenvalue weighted by Crippen LogP contribution is 2.24. The molecule has 0 bridgehead atoms. The van der Waals surface area contributed by atoms with Crippen LogP contribution in [-0.2, 0) is 0 Å². The molecule has 0 aliphatic carbocycles. The van der Waals surface area contributed by atoms with Gasteiger partial charge >= 0.3 is 0 Å². The standard InChI is InChI=1S/C12H13N/c1-8(2)12-9(3)10-6-4-5-7-11(10)13-12/h4-7,13H,1H2,2-3H3. The molecule has 1 heteroatoms. The van der Waals surface area contributed by atoms with E-state index in [1.54, 1.807) is 0 Å². The quantitative estimate of drug-likeness (QED) is 0.675. The minimum Gasteiger partial charge on any atom is -0.355 e. The van der Waals surface area contributed by atoms with Crippen molar-refractivity contribution in [2.75, 3.05) is 0 Å². The van der Waals surface area contributed by atoms with Crippen molar-refractivity contribution in [2.24, 2.45) is 0 Å². The van der Waals surface area contributed by atoms with E-state index in [4.69, 9.17) is 0 Å². The number of hydrogen-bond acceptors (Lipinski definition) is 0. The summed E-state index contributed by atoms with van der Waals surface area (Å²) in [5.41, 5.74) is 4.75. The van der Waals surface area contributed by atoms with E-state index in [9.17, 15) is 0 Å². The molecule has 0 aliphatic heterocycles. The average molecular weight is 171 g/mol. The Balaban J connectivity index is 2.81. The van der Waals surface area contributed by atoms with E-state index in [0.29, 0.717) is 0 Å². The zero-order valence-corrected chi connectivity index (χ0v) is 8.02. The van der Waals surface area contributed by atoms with Gasteiger partial charge in [-0.25, -0.2) is 0 Å². The highest BCUT2D eigenvalue weighted by molar-refractivity contribution is 5.88. The van der Waals surface area contributed by atoms with Gasteiger partial charge in [-0.15, -0.1) is 0 Å². The lowest BCUT2D eigenvalue weighted by atomic mass is 10.1. The Labute approximate surface area is 78.1 Å². The van der Waals surface area contributed by atoms with Crippen LogP contribution < -0.4 is 0 Å². The monoisotopic (exact) mass is 171 g/mol. The van der Waals surface area contributed by atoms with Crippen LogP contribution in [0.2, 0.25) is 0 Å². The van der Waals surface area contributed by atoms with Gasteiger partial charge in [0.1, 0.15) is 0 Å². The summed E-state index contributed by atoms with van der Waals surface area (Å²) in [4.78, 5) is 3.36. The molecule has 1 N–H and O–H groups in total. The van der Waals surface area contributed by atoms with E-state index in [1.165, 1.54) is 22.2 Å². The van der Waals surface area contributed by atoms with Gasteiger partial charge in [0, 0.05) is 16.6 Å². The number of aromatic amines is 1. The maximum Gasteiger partial charge on any atom is 0.0461 e. The third-order valence-corrected chi connectivity index (χ3v) is 2.39. The summed E-state index contributed by atoms with van der Waals surface area (Å²) in [5, 5.41) is 1.29. The minimum absolute atomic E-state index is 1.09. The number of aryl methyl sites for hydroxylation is 1. The molecule has 2 aromatic rings. The maximum atomic E-state index is 3.95. The van der Waals surface area contributed by atoms with Crippen LogP contribution >= 0.6 is 0 Å². The summed E-state index contributed by atoms with van der Waals surface area (Å²) in [7, 11) is 0. The third-order valence-electron chi connectivity index (χ3n) is 2.39. The van der Waals surface area contributed by atoms with Gasteiger partial charge in [-0.3, -0.25) is 0 Å². The molecule has 0 radical (unpaired) electrons. The number of rotatable bonds is 1. The third kappa shape index (κ3) is 1.17. The Kier molecular flexibility index (Phi) is 1.73. The topological polar surface area (TPSA) is 15.8 Å². The van der Waals surface area contributed by atoms with Crippen molar-refractivity contribution in [1.82, 2.24) is 4.98 Å². The fourth-order valence-electron chi connectivity index (χ4n) is 1.71. The van der Waals surface area contributed by atoms with Gasteiger partial charge in [0.25, 0.3) is 0 Å². The van der Waals surface area contributed by atoms with Crippen molar-refractivity contribution in [2.45, 2.75) is 13.8 Å². The number of hydrogen-bond donors (Lipinski definition) is 1. The van der Waals surface area contributed by atoms with E-state index in [0.717, 1.165) is 5.57 Å². The molecule has 0 spiro atoms. The van der Waals surface area contributed by atoms with Crippen LogP contribution in [-0.4, -0.2) is 4.98 Å². The lowest BCUT2D eigenvalue weighted by molar-refractivity contribution is 1.34. The number of nitrogens with one attached hydrogen (secondary N) is 1. The first-order valence-electron chi connectivity index (χ1n) is 4.43. The van der Waals surface area contributed by atoms with Crippen LogP contribution in [0.5, 0.6) is 0 Å². The summed E-state index contributed by atoms with van der Waals surface area (Å²) >= 11 is 0. The van der Waals surface area contributed by atoms with Crippen molar-refractivity contribution in [3.8, 4) is 0 Å². The van der Waals surface area contributed by atoms with E-state index < -0.39 is 0 Å². The second kappa shape index (κ2) is 2.77. The number of H-pyrrole nitrogens is 1. The zero-order valence-electron chi connectivity index (χ0n) is 8.02. The normalized spacial score (nSPS) is 10.6. The molecule has 1 nitrogen and oxygen atoms in total. The van der Waals surface area contributed by atoms with Crippen LogP contribution in [0, 0.1) is 6.92 Å². The highest BCUT2D eigenvalue weighted by atomic mass is 14.7. The summed E-state index contributed by atoms with van der Waals surface area (Å²) < 4.78 is 0. The van der Waals surface area contributed by atoms with Gasteiger partial charge in [0.15, 0.2) is 0 Å². The highest BCUT2D eigenvalue weighted by Gasteiger charge is 2.05. The van der Waals surface area contributed by atoms with Crippen molar-refractivity contribution in [3.05, 3.63) is 42.1 Å². The van der Waals surface area contributed by atoms with Crippen LogP contribution in [0.1, 0.15) is 18.2 Å². The molecule has 0 atom stereocenters. The Morgan fingerprint density at radius 2 is 2.00 bits per heavy atom. The van der Waals surface area contributed by atoms with Gasteiger partial charge in [-0.2, -0.15) is 0 Å². The molecule has 66 valence electrons. The van der Waals surface area contributed by atoms with E-state index in [1.807, 2.05) is 13.0 Å². The molecule has 0 aliphatic rings. The molecule has 0 fully saturated rings. The number of aromatic nitrogens is 1. The first-order valence-corrected chi connectivity index (χ1v) is 4.43. The van der Waals surface area contributed by atoms with Crippen LogP contribution in [0.25, 0.3) is 16.5 Å². The number of benzene rings is 1. The largest absolute Gasteiger partial charge is 0.355 e. The summed E-state index contributed by atoms with van der Waals surface area (Å²) in [6.07, 6.45) is 0. The lowest BCUT2D eigenvalue weighted by Gasteiger charge is -1.95. The summed E-state index contributed by atoms with van der Waals surface area (Å²) in [6, 6.07) is 8.33. The van der Waals surface area contributed by atoms with Crippen LogP contribution in [0.4, 0.5) is 0 Å². The smallest absolute Gasteiger partial charge is 0.0461 e. The second-order valence-corrected chi connectivity index (χ2v) is 3.45. The SMILES string of the molecule is C=C(C)c1[nH]c2ccccc2c1C. The molecule has 0 unspecified atom stereocenters. The van der Waals surface area contributed by atoms with Crippen LogP contribution in [0.15, 0.2) is 30.8 Å². The molecule has 2 rings (SSSR count). The number of fused-ring (bicyclic) bond motifs is 1. The van der Waals surface area contributed by atoms with E-state index in [2.05, 4.69) is 36.7 Å². The summed E-state index contributed by atoms with van der Waals surface area (Å²) in [5.74, 6) is 0. The molecule has 0 saturated carbocycles. The number of allylic oxidation sites excluding steroid dienone is 1. The molecule has 13 heavy (non-hydrogen) atoms. The Hall–Kier alpha value is -1.50. The Morgan fingerprint density at radius 3 is 2.62 bits per heavy atom. The van der Waals surface area contributed by atoms with Gasteiger partial charge in [-0.05, 0) is 31.1 Å². The van der Waals surface area contributed by atoms with Gasteiger partial charge < -0.3 is 4.98 Å². The van der Waals surface area contributed by atoms with E-state index in [-0.39, 0.29) is 0 Å². The molecule has 0 saturated heterocycles. The fraction of sp³-hybridized carbons (Fsp3) is 0.167. The van der Waals surface area contributed by atoms with Gasteiger partial charge in [0.2, 0.25) is 0 Å². The predicted octanol–water partition coefficient (Wildman–Crippen LogP) is 3.51. The molecular weight excluding hydrogens is 158 g/mol. The van der Waals surface area contributed by atoms with Crippen LogP contribution in [0.3, 0.4) is 0 Å².